The molecular weight excluding hydrogens is 390 g/mol. The van der Waals surface area contributed by atoms with Gasteiger partial charge in [-0.15, -0.1) is 0 Å². The lowest BCUT2D eigenvalue weighted by Crippen LogP contribution is -2.34. The Morgan fingerprint density at radius 2 is 1.72 bits per heavy atom. The number of non-ortho nitro benzene ring substituents is 1. The van der Waals surface area contributed by atoms with Crippen LogP contribution in [-0.2, 0) is 10.2 Å². The van der Waals surface area contributed by atoms with E-state index in [1.807, 2.05) is 24.3 Å². The molecule has 0 aliphatic carbocycles. The Kier molecular flexibility index (Phi) is 7.67. The molecule has 2 N–H and O–H groups in total. The molecule has 8 heteroatoms. The number of hydrogen-bond donors (Lipinski definition) is 2. The van der Waals surface area contributed by atoms with E-state index in [1.54, 1.807) is 0 Å². The summed E-state index contributed by atoms with van der Waals surface area (Å²) in [5.41, 5.74) is 1.87. The number of carbonyl (C=O) groups is 1. The fourth-order valence-corrected chi connectivity index (χ4v) is 2.72. The van der Waals surface area contributed by atoms with Crippen molar-refractivity contribution in [1.29, 1.82) is 0 Å². The summed E-state index contributed by atoms with van der Waals surface area (Å²) in [6, 6.07) is 13.7. The number of amides is 1. The number of nitrogens with zero attached hydrogens (tertiary/aromatic N) is 1. The monoisotopic (exact) mass is 415 g/mol. The lowest BCUT2D eigenvalue weighted by Gasteiger charge is -2.19. The number of ether oxygens (including phenoxy) is 1. The molecule has 0 radical (unpaired) electrons. The standard InChI is InChI=1S/C21H25N3O4S/c1-21(2,3)15-6-12-18(13-7-15)28-14-4-5-19(25)23-20(29)22-16-8-10-17(11-9-16)24(26)27/h6-13H,4-5,14H2,1-3H3,(H2,22,23,25,29). The van der Waals surface area contributed by atoms with Gasteiger partial charge in [-0.25, -0.2) is 0 Å². The molecule has 0 saturated heterocycles. The van der Waals surface area contributed by atoms with E-state index < -0.39 is 4.92 Å². The first-order valence-electron chi connectivity index (χ1n) is 9.24. The van der Waals surface area contributed by atoms with Gasteiger partial charge in [-0.2, -0.15) is 0 Å². The molecule has 0 unspecified atom stereocenters. The van der Waals surface area contributed by atoms with E-state index >= 15 is 0 Å². The topological polar surface area (TPSA) is 93.5 Å². The summed E-state index contributed by atoms with van der Waals surface area (Å²) in [4.78, 5) is 22.1. The summed E-state index contributed by atoms with van der Waals surface area (Å²) in [5, 5.41) is 16.2. The number of nitrogens with one attached hydrogen (secondary N) is 2. The molecule has 2 aromatic rings. The predicted molar refractivity (Wildman–Crippen MR) is 117 cm³/mol. The SMILES string of the molecule is CC(C)(C)c1ccc(OCCCC(=O)NC(=S)Nc2ccc([N+](=O)[O-])cc2)cc1. The van der Waals surface area contributed by atoms with Crippen molar-refractivity contribution in [3.05, 3.63) is 64.2 Å². The normalized spacial score (nSPS) is 10.9. The van der Waals surface area contributed by atoms with Gasteiger partial charge in [0.15, 0.2) is 5.11 Å². The molecule has 29 heavy (non-hydrogen) atoms. The second-order valence-corrected chi connectivity index (χ2v) is 7.94. The average Bonchev–Trinajstić information content (AvgIpc) is 2.65. The minimum atomic E-state index is -0.481. The van der Waals surface area contributed by atoms with Crippen molar-refractivity contribution in [2.45, 2.75) is 39.0 Å². The number of rotatable bonds is 7. The number of hydrogen-bond acceptors (Lipinski definition) is 5. The van der Waals surface area contributed by atoms with E-state index in [9.17, 15) is 14.9 Å². The minimum Gasteiger partial charge on any atom is -0.494 e. The van der Waals surface area contributed by atoms with E-state index in [2.05, 4.69) is 31.4 Å². The van der Waals surface area contributed by atoms with Gasteiger partial charge in [0.25, 0.3) is 5.69 Å². The third-order valence-electron chi connectivity index (χ3n) is 4.13. The van der Waals surface area contributed by atoms with Crippen molar-refractivity contribution in [3.63, 3.8) is 0 Å². The molecule has 1 amide bonds. The molecule has 2 rings (SSSR count). The van der Waals surface area contributed by atoms with Crippen LogP contribution in [0.25, 0.3) is 0 Å². The van der Waals surface area contributed by atoms with Gasteiger partial charge in [0.1, 0.15) is 5.75 Å². The maximum Gasteiger partial charge on any atom is 0.269 e. The van der Waals surface area contributed by atoms with Crippen molar-refractivity contribution >= 4 is 34.6 Å². The van der Waals surface area contributed by atoms with Crippen molar-refractivity contribution in [2.24, 2.45) is 0 Å². The lowest BCUT2D eigenvalue weighted by atomic mass is 9.87. The highest BCUT2D eigenvalue weighted by molar-refractivity contribution is 7.80. The molecule has 0 atom stereocenters. The summed E-state index contributed by atoms with van der Waals surface area (Å²) in [6.07, 6.45) is 0.815. The van der Waals surface area contributed by atoms with Crippen LogP contribution >= 0.6 is 12.2 Å². The highest BCUT2D eigenvalue weighted by Gasteiger charge is 2.13. The smallest absolute Gasteiger partial charge is 0.269 e. The zero-order chi connectivity index (χ0) is 21.4. The largest absolute Gasteiger partial charge is 0.494 e. The Bertz CT molecular complexity index is 859. The maximum atomic E-state index is 12.0. The fourth-order valence-electron chi connectivity index (χ4n) is 2.49. The van der Waals surface area contributed by atoms with E-state index in [0.29, 0.717) is 18.7 Å². The molecule has 0 spiro atoms. The van der Waals surface area contributed by atoms with Gasteiger partial charge in [-0.3, -0.25) is 14.9 Å². The molecule has 7 nitrogen and oxygen atoms in total. The highest BCUT2D eigenvalue weighted by Crippen LogP contribution is 2.24. The van der Waals surface area contributed by atoms with Crippen molar-refractivity contribution < 1.29 is 14.5 Å². The minimum absolute atomic E-state index is 0.0152. The number of anilines is 1. The predicted octanol–water partition coefficient (Wildman–Crippen LogP) is 4.56. The number of thiocarbonyl (C=S) groups is 1. The van der Waals surface area contributed by atoms with Crippen LogP contribution in [0.1, 0.15) is 39.2 Å². The van der Waals surface area contributed by atoms with Crippen LogP contribution < -0.4 is 15.4 Å². The van der Waals surface area contributed by atoms with Crippen LogP contribution in [0.5, 0.6) is 5.75 Å². The van der Waals surface area contributed by atoms with E-state index in [4.69, 9.17) is 17.0 Å². The van der Waals surface area contributed by atoms with E-state index in [0.717, 1.165) is 5.75 Å². The van der Waals surface area contributed by atoms with E-state index in [1.165, 1.54) is 29.8 Å². The molecule has 154 valence electrons. The fraction of sp³-hybridized carbons (Fsp3) is 0.333. The first kappa shape index (κ1) is 22.3. The van der Waals surface area contributed by atoms with Crippen LogP contribution in [0.15, 0.2) is 48.5 Å². The third kappa shape index (κ3) is 7.50. The van der Waals surface area contributed by atoms with Gasteiger partial charge in [0.05, 0.1) is 11.5 Å². The second-order valence-electron chi connectivity index (χ2n) is 7.53. The first-order valence-corrected chi connectivity index (χ1v) is 9.64. The molecule has 0 heterocycles. The van der Waals surface area contributed by atoms with Gasteiger partial charge in [-0.05, 0) is 53.9 Å². The summed E-state index contributed by atoms with van der Waals surface area (Å²) < 4.78 is 5.67. The molecule has 0 aliphatic heterocycles. The third-order valence-corrected chi connectivity index (χ3v) is 4.33. The molecule has 0 aliphatic rings. The van der Waals surface area contributed by atoms with Crippen LogP contribution in [0.2, 0.25) is 0 Å². The summed E-state index contributed by atoms with van der Waals surface area (Å²) >= 11 is 5.09. The second kappa shape index (κ2) is 9.97. The molecular formula is C21H25N3O4S. The molecule has 0 saturated carbocycles. The number of benzene rings is 2. The maximum absolute atomic E-state index is 12.0. The van der Waals surface area contributed by atoms with Crippen LogP contribution in [-0.4, -0.2) is 22.5 Å². The molecule has 0 fully saturated rings. The van der Waals surface area contributed by atoms with Crippen molar-refractivity contribution in [3.8, 4) is 5.75 Å². The van der Waals surface area contributed by atoms with Gasteiger partial charge >= 0.3 is 0 Å². The summed E-state index contributed by atoms with van der Waals surface area (Å²) in [5.74, 6) is 0.546. The van der Waals surface area contributed by atoms with Gasteiger partial charge in [-0.1, -0.05) is 32.9 Å². The van der Waals surface area contributed by atoms with Gasteiger partial charge in [0, 0.05) is 24.2 Å². The Labute approximate surface area is 175 Å². The zero-order valence-corrected chi connectivity index (χ0v) is 17.5. The quantitative estimate of drug-likeness (QED) is 0.298. The first-order chi connectivity index (χ1) is 13.6. The Morgan fingerprint density at radius 3 is 2.28 bits per heavy atom. The Morgan fingerprint density at radius 1 is 1.10 bits per heavy atom. The molecule has 0 bridgehead atoms. The average molecular weight is 416 g/mol. The Balaban J connectivity index is 1.68. The summed E-state index contributed by atoms with van der Waals surface area (Å²) in [7, 11) is 0. The van der Waals surface area contributed by atoms with Gasteiger partial charge < -0.3 is 15.4 Å². The number of nitro groups is 1. The van der Waals surface area contributed by atoms with E-state index in [-0.39, 0.29) is 28.5 Å². The number of carbonyl (C=O) groups excluding carboxylic acids is 1. The molecule has 0 aromatic heterocycles. The van der Waals surface area contributed by atoms with Crippen molar-refractivity contribution in [1.82, 2.24) is 5.32 Å². The Hall–Kier alpha value is -3.00. The lowest BCUT2D eigenvalue weighted by molar-refractivity contribution is -0.384. The van der Waals surface area contributed by atoms with Crippen LogP contribution in [0.4, 0.5) is 11.4 Å². The summed E-state index contributed by atoms with van der Waals surface area (Å²) in [6.45, 7) is 6.89. The van der Waals surface area contributed by atoms with Crippen LogP contribution in [0.3, 0.4) is 0 Å². The molecule has 2 aromatic carbocycles. The van der Waals surface area contributed by atoms with Gasteiger partial charge in [0.2, 0.25) is 5.91 Å². The number of nitro benzene ring substituents is 1. The zero-order valence-electron chi connectivity index (χ0n) is 16.7. The van der Waals surface area contributed by atoms with Crippen LogP contribution in [0, 0.1) is 10.1 Å². The van der Waals surface area contributed by atoms with Crippen molar-refractivity contribution in [2.75, 3.05) is 11.9 Å². The highest BCUT2D eigenvalue weighted by atomic mass is 32.1.